The zero-order chi connectivity index (χ0) is 24.9. The van der Waals surface area contributed by atoms with E-state index in [2.05, 4.69) is 9.82 Å². The van der Waals surface area contributed by atoms with Gasteiger partial charge >= 0.3 is 13.7 Å². The van der Waals surface area contributed by atoms with Gasteiger partial charge in [0.2, 0.25) is 0 Å². The lowest BCUT2D eigenvalue weighted by Crippen LogP contribution is -2.46. The van der Waals surface area contributed by atoms with Crippen LogP contribution in [0.5, 0.6) is 5.75 Å². The molecule has 0 spiro atoms. The van der Waals surface area contributed by atoms with Gasteiger partial charge in [-0.2, -0.15) is 9.65 Å². The molecule has 5 N–H and O–H groups in total. The number of nitrogens with zero attached hydrogens (tertiary/aromatic N) is 1. The van der Waals surface area contributed by atoms with Crippen LogP contribution in [0.4, 0.5) is 0 Å². The van der Waals surface area contributed by atoms with Crippen LogP contribution in [-0.4, -0.2) is 60.2 Å². The second-order valence-corrected chi connectivity index (χ2v) is 9.22. The first-order valence-electron chi connectivity index (χ1n) is 10.3. The van der Waals surface area contributed by atoms with Crippen LogP contribution >= 0.6 is 7.75 Å². The fourth-order valence-electron chi connectivity index (χ4n) is 3.26. The Bertz CT molecular complexity index is 1050. The van der Waals surface area contributed by atoms with Crippen molar-refractivity contribution in [1.29, 1.82) is 0 Å². The highest BCUT2D eigenvalue weighted by Crippen LogP contribution is 2.45. The SMILES string of the molecule is COC(=O)[C@H](C)NP(=O)(OCC1OC([n+]2cccc(C(N)=O)c2)C(O)C1O)Oc1ccccc1. The number of aromatic nitrogens is 1. The molecular formula is C21H27N3O9P+. The zero-order valence-corrected chi connectivity index (χ0v) is 19.4. The zero-order valence-electron chi connectivity index (χ0n) is 18.5. The summed E-state index contributed by atoms with van der Waals surface area (Å²) in [6.45, 7) is 0.953. The Morgan fingerprint density at radius 1 is 1.21 bits per heavy atom. The first-order valence-corrected chi connectivity index (χ1v) is 11.8. The molecule has 0 aliphatic carbocycles. The van der Waals surface area contributed by atoms with E-state index in [9.17, 15) is 24.4 Å². The maximum Gasteiger partial charge on any atom is 0.459 e. The predicted octanol–water partition coefficient (Wildman–Crippen LogP) is 0.0470. The van der Waals surface area contributed by atoms with Crippen LogP contribution in [0.15, 0.2) is 54.9 Å². The summed E-state index contributed by atoms with van der Waals surface area (Å²) in [5.41, 5.74) is 5.47. The molecule has 12 nitrogen and oxygen atoms in total. The van der Waals surface area contributed by atoms with Crippen molar-refractivity contribution < 1.29 is 47.5 Å². The number of rotatable bonds is 10. The van der Waals surface area contributed by atoms with Crippen molar-refractivity contribution in [3.8, 4) is 5.75 Å². The third-order valence-electron chi connectivity index (χ3n) is 5.02. The van der Waals surface area contributed by atoms with Gasteiger partial charge in [-0.05, 0) is 25.1 Å². The molecule has 6 atom stereocenters. The summed E-state index contributed by atoms with van der Waals surface area (Å²) in [4.78, 5) is 23.3. The number of pyridine rings is 1. The van der Waals surface area contributed by atoms with Crippen LogP contribution in [-0.2, 0) is 23.4 Å². The first kappa shape index (κ1) is 25.8. The number of carbonyl (C=O) groups excluding carboxylic acids is 2. The van der Waals surface area contributed by atoms with E-state index < -0.39 is 56.8 Å². The van der Waals surface area contributed by atoms with E-state index in [1.807, 2.05) is 0 Å². The molecule has 1 aliphatic rings. The number of para-hydroxylation sites is 1. The molecule has 0 radical (unpaired) electrons. The number of primary amides is 1. The summed E-state index contributed by atoms with van der Waals surface area (Å²) in [5, 5.41) is 23.4. The summed E-state index contributed by atoms with van der Waals surface area (Å²) in [6.07, 6.45) is -2.10. The number of esters is 1. The Balaban J connectivity index is 1.74. The molecule has 0 bridgehead atoms. The van der Waals surface area contributed by atoms with Crippen molar-refractivity contribution in [2.75, 3.05) is 13.7 Å². The largest absolute Gasteiger partial charge is 0.468 e. The fraction of sp³-hybridized carbons (Fsp3) is 0.381. The number of carbonyl (C=O) groups is 2. The lowest BCUT2D eigenvalue weighted by molar-refractivity contribution is -0.765. The van der Waals surface area contributed by atoms with Gasteiger partial charge in [0.05, 0.1) is 13.7 Å². The minimum atomic E-state index is -4.17. The summed E-state index contributed by atoms with van der Waals surface area (Å²) in [5.74, 6) is -1.16. The van der Waals surface area contributed by atoms with Gasteiger partial charge in [0, 0.05) is 6.07 Å². The average molecular weight is 496 g/mol. The lowest BCUT2D eigenvalue weighted by atomic mass is 10.1. The molecule has 1 aromatic heterocycles. The summed E-state index contributed by atoms with van der Waals surface area (Å²) in [6, 6.07) is 10.1. The van der Waals surface area contributed by atoms with E-state index >= 15 is 0 Å². The number of aliphatic hydroxyl groups excluding tert-OH is 2. The van der Waals surface area contributed by atoms with E-state index in [4.69, 9.17) is 19.5 Å². The van der Waals surface area contributed by atoms with E-state index in [-0.39, 0.29) is 11.3 Å². The Morgan fingerprint density at radius 2 is 1.91 bits per heavy atom. The number of hydrogen-bond donors (Lipinski definition) is 4. The van der Waals surface area contributed by atoms with Crippen LogP contribution in [0.1, 0.15) is 23.5 Å². The third-order valence-corrected chi connectivity index (χ3v) is 6.67. The molecule has 0 saturated carbocycles. The van der Waals surface area contributed by atoms with Crippen molar-refractivity contribution in [2.24, 2.45) is 5.73 Å². The number of nitrogens with two attached hydrogens (primary N) is 1. The molecule has 3 rings (SSSR count). The Labute approximate surface area is 195 Å². The van der Waals surface area contributed by atoms with Gasteiger partial charge in [-0.15, -0.1) is 0 Å². The van der Waals surface area contributed by atoms with E-state index in [0.717, 1.165) is 0 Å². The first-order chi connectivity index (χ1) is 16.1. The second-order valence-electron chi connectivity index (χ2n) is 7.52. The van der Waals surface area contributed by atoms with Gasteiger partial charge in [0.1, 0.15) is 29.6 Å². The topological polar surface area (TPSA) is 171 Å². The van der Waals surface area contributed by atoms with Crippen LogP contribution < -0.4 is 19.9 Å². The van der Waals surface area contributed by atoms with Crippen LogP contribution in [0.25, 0.3) is 0 Å². The molecule has 1 fully saturated rings. The van der Waals surface area contributed by atoms with Gasteiger partial charge in [0.25, 0.3) is 12.1 Å². The molecule has 2 heterocycles. The quantitative estimate of drug-likeness (QED) is 0.200. The summed E-state index contributed by atoms with van der Waals surface area (Å²) >= 11 is 0. The van der Waals surface area contributed by atoms with Crippen molar-refractivity contribution in [2.45, 2.75) is 37.5 Å². The fourth-order valence-corrected chi connectivity index (χ4v) is 4.76. The molecule has 13 heteroatoms. The molecular weight excluding hydrogens is 469 g/mol. The molecule has 1 aliphatic heterocycles. The third kappa shape index (κ3) is 6.17. The summed E-state index contributed by atoms with van der Waals surface area (Å²) < 4.78 is 36.1. The Morgan fingerprint density at radius 3 is 2.56 bits per heavy atom. The van der Waals surface area contributed by atoms with Gasteiger partial charge in [-0.3, -0.25) is 14.1 Å². The molecule has 184 valence electrons. The van der Waals surface area contributed by atoms with Crippen molar-refractivity contribution in [1.82, 2.24) is 5.09 Å². The molecule has 2 aromatic rings. The van der Waals surface area contributed by atoms with Gasteiger partial charge < -0.3 is 29.9 Å². The normalized spacial score (nSPS) is 24.7. The van der Waals surface area contributed by atoms with Gasteiger partial charge in [0.15, 0.2) is 18.5 Å². The smallest absolute Gasteiger partial charge is 0.459 e. The lowest BCUT2D eigenvalue weighted by Gasteiger charge is -2.24. The standard InChI is InChI=1S/C21H26N3O9P/c1-13(21(28)30-2)23-34(29,33-15-8-4-3-5-9-15)31-12-16-17(25)18(26)20(32-16)24-10-6-7-14(11-24)19(22)27/h3-11,13,16-18,20,25-26H,12H2,1-2H3,(H2-,22,23,27,29)/p+1/t13-,16?,17?,18?,20?,34?/m0/s1. The molecule has 1 amide bonds. The number of aliphatic hydroxyl groups is 2. The summed E-state index contributed by atoms with van der Waals surface area (Å²) in [7, 11) is -2.99. The molecule has 1 aromatic carbocycles. The Hall–Kier alpha value is -2.86. The van der Waals surface area contributed by atoms with Crippen molar-refractivity contribution in [3.05, 3.63) is 60.4 Å². The van der Waals surface area contributed by atoms with E-state index in [1.54, 1.807) is 30.3 Å². The highest BCUT2D eigenvalue weighted by Gasteiger charge is 2.49. The van der Waals surface area contributed by atoms with Crippen molar-refractivity contribution in [3.63, 3.8) is 0 Å². The predicted molar refractivity (Wildman–Crippen MR) is 116 cm³/mol. The van der Waals surface area contributed by atoms with Gasteiger partial charge in [-0.1, -0.05) is 18.2 Å². The van der Waals surface area contributed by atoms with Crippen molar-refractivity contribution >= 4 is 19.6 Å². The average Bonchev–Trinajstić information content (AvgIpc) is 3.11. The van der Waals surface area contributed by atoms with E-state index in [1.165, 1.54) is 43.1 Å². The Kier molecular flexibility index (Phi) is 8.37. The highest BCUT2D eigenvalue weighted by atomic mass is 31.2. The minimum absolute atomic E-state index is 0.175. The molecule has 1 saturated heterocycles. The van der Waals surface area contributed by atoms with Crippen LogP contribution in [0.3, 0.4) is 0 Å². The number of ether oxygens (including phenoxy) is 2. The number of amides is 1. The van der Waals surface area contributed by atoms with Crippen LogP contribution in [0.2, 0.25) is 0 Å². The molecule has 5 unspecified atom stereocenters. The maximum atomic E-state index is 13.4. The minimum Gasteiger partial charge on any atom is -0.468 e. The monoisotopic (exact) mass is 496 g/mol. The van der Waals surface area contributed by atoms with Gasteiger partial charge in [-0.25, -0.2) is 4.57 Å². The highest BCUT2D eigenvalue weighted by molar-refractivity contribution is 7.52. The number of hydrogen-bond acceptors (Lipinski definition) is 9. The number of benzene rings is 1. The molecule has 34 heavy (non-hydrogen) atoms. The number of nitrogens with one attached hydrogen (secondary N) is 1. The second kappa shape index (κ2) is 11.0. The maximum absolute atomic E-state index is 13.4. The van der Waals surface area contributed by atoms with Crippen LogP contribution in [0, 0.1) is 0 Å². The van der Waals surface area contributed by atoms with E-state index in [0.29, 0.717) is 0 Å². The number of methoxy groups -OCH3 is 1.